The zero-order valence-electron chi connectivity index (χ0n) is 14.5. The molecule has 1 aromatic carbocycles. The van der Waals surface area contributed by atoms with E-state index in [1.165, 1.54) is 19.4 Å². The Morgan fingerprint density at radius 3 is 2.17 bits per heavy atom. The quantitative estimate of drug-likeness (QED) is 0.446. The maximum atomic E-state index is 11.8. The highest BCUT2D eigenvalue weighted by Gasteiger charge is 2.06. The summed E-state index contributed by atoms with van der Waals surface area (Å²) < 4.78 is 10.3. The van der Waals surface area contributed by atoms with Gasteiger partial charge < -0.3 is 14.4 Å². The van der Waals surface area contributed by atoms with E-state index < -0.39 is 0 Å². The van der Waals surface area contributed by atoms with E-state index in [1.807, 2.05) is 0 Å². The molecule has 0 aliphatic heterocycles. The molecule has 0 unspecified atom stereocenters. The third-order valence-corrected chi connectivity index (χ3v) is 3.82. The van der Waals surface area contributed by atoms with Crippen molar-refractivity contribution in [1.29, 1.82) is 0 Å². The Hall–Kier alpha value is -1.26. The van der Waals surface area contributed by atoms with Gasteiger partial charge in [0.15, 0.2) is 0 Å². The summed E-state index contributed by atoms with van der Waals surface area (Å²) in [5.41, 5.74) is 0.572. The van der Waals surface area contributed by atoms with Crippen LogP contribution >= 0.6 is 12.4 Å². The zero-order chi connectivity index (χ0) is 16.2. The molecule has 4 nitrogen and oxygen atoms in total. The minimum absolute atomic E-state index is 0. The SMILES string of the molecule is CCN(CC)CCCCCCOC(=O)c1ccc(OC)cc1.Cl. The molecule has 0 atom stereocenters. The molecule has 1 rings (SSSR count). The van der Waals surface area contributed by atoms with E-state index in [-0.39, 0.29) is 18.4 Å². The summed E-state index contributed by atoms with van der Waals surface area (Å²) in [5.74, 6) is 0.482. The lowest BCUT2D eigenvalue weighted by molar-refractivity contribution is 0.0497. The van der Waals surface area contributed by atoms with Crippen LogP contribution in [0.15, 0.2) is 24.3 Å². The van der Waals surface area contributed by atoms with Gasteiger partial charge in [-0.1, -0.05) is 26.7 Å². The third-order valence-electron chi connectivity index (χ3n) is 3.82. The molecule has 0 radical (unpaired) electrons. The first kappa shape index (κ1) is 21.7. The number of methoxy groups -OCH3 is 1. The van der Waals surface area contributed by atoms with E-state index in [9.17, 15) is 4.79 Å². The van der Waals surface area contributed by atoms with Crippen LogP contribution in [0.25, 0.3) is 0 Å². The van der Waals surface area contributed by atoms with Gasteiger partial charge in [0, 0.05) is 0 Å². The number of carbonyl (C=O) groups excluding carboxylic acids is 1. The van der Waals surface area contributed by atoms with Gasteiger partial charge in [-0.15, -0.1) is 12.4 Å². The van der Waals surface area contributed by atoms with Crippen LogP contribution in [-0.2, 0) is 4.74 Å². The van der Waals surface area contributed by atoms with E-state index in [1.54, 1.807) is 31.4 Å². The van der Waals surface area contributed by atoms with Gasteiger partial charge in [0.25, 0.3) is 0 Å². The number of esters is 1. The standard InChI is InChI=1S/C18H29NO3.ClH/c1-4-19(5-2)14-8-6-7-9-15-22-18(20)16-10-12-17(21-3)13-11-16;/h10-13H,4-9,14-15H2,1-3H3;1H. The van der Waals surface area contributed by atoms with Crippen LogP contribution in [0.5, 0.6) is 5.75 Å². The first-order valence-corrected chi connectivity index (χ1v) is 8.24. The van der Waals surface area contributed by atoms with Crippen LogP contribution < -0.4 is 4.74 Å². The maximum absolute atomic E-state index is 11.8. The van der Waals surface area contributed by atoms with Crippen molar-refractivity contribution in [2.75, 3.05) is 33.4 Å². The van der Waals surface area contributed by atoms with Crippen molar-refractivity contribution in [2.24, 2.45) is 0 Å². The van der Waals surface area contributed by atoms with Crippen molar-refractivity contribution in [3.8, 4) is 5.75 Å². The summed E-state index contributed by atoms with van der Waals surface area (Å²) in [6, 6.07) is 6.99. The fourth-order valence-electron chi connectivity index (χ4n) is 2.31. The molecule has 0 N–H and O–H groups in total. The van der Waals surface area contributed by atoms with Gasteiger partial charge in [0.05, 0.1) is 19.3 Å². The molecular formula is C18H30ClNO3. The summed E-state index contributed by atoms with van der Waals surface area (Å²) in [5, 5.41) is 0. The highest BCUT2D eigenvalue weighted by molar-refractivity contribution is 5.89. The smallest absolute Gasteiger partial charge is 0.338 e. The number of carbonyl (C=O) groups is 1. The van der Waals surface area contributed by atoms with Crippen LogP contribution in [0, 0.1) is 0 Å². The summed E-state index contributed by atoms with van der Waals surface area (Å²) >= 11 is 0. The van der Waals surface area contributed by atoms with Crippen molar-refractivity contribution in [1.82, 2.24) is 4.90 Å². The van der Waals surface area contributed by atoms with Crippen LogP contribution in [0.1, 0.15) is 49.9 Å². The number of benzene rings is 1. The number of ether oxygens (including phenoxy) is 2. The summed E-state index contributed by atoms with van der Waals surface area (Å²) in [6.45, 7) is 8.30. The minimum atomic E-state index is -0.259. The molecule has 0 saturated heterocycles. The van der Waals surface area contributed by atoms with E-state index >= 15 is 0 Å². The fourth-order valence-corrected chi connectivity index (χ4v) is 2.31. The van der Waals surface area contributed by atoms with Crippen LogP contribution in [0.4, 0.5) is 0 Å². The molecule has 0 amide bonds. The van der Waals surface area contributed by atoms with Gasteiger partial charge in [-0.3, -0.25) is 0 Å². The molecule has 0 heterocycles. The second-order valence-corrected chi connectivity index (χ2v) is 5.31. The summed E-state index contributed by atoms with van der Waals surface area (Å²) in [6.07, 6.45) is 4.45. The average Bonchev–Trinajstić information content (AvgIpc) is 2.57. The van der Waals surface area contributed by atoms with E-state index in [0.29, 0.717) is 12.2 Å². The topological polar surface area (TPSA) is 38.8 Å². The summed E-state index contributed by atoms with van der Waals surface area (Å²) in [4.78, 5) is 14.3. The van der Waals surface area contributed by atoms with Crippen molar-refractivity contribution >= 4 is 18.4 Å². The van der Waals surface area contributed by atoms with E-state index in [0.717, 1.165) is 31.7 Å². The van der Waals surface area contributed by atoms with Gasteiger partial charge in [-0.2, -0.15) is 0 Å². The highest BCUT2D eigenvalue weighted by atomic mass is 35.5. The van der Waals surface area contributed by atoms with Gasteiger partial charge >= 0.3 is 5.97 Å². The van der Waals surface area contributed by atoms with Crippen LogP contribution in [-0.4, -0.2) is 44.2 Å². The monoisotopic (exact) mass is 343 g/mol. The Balaban J connectivity index is 0.00000484. The first-order chi connectivity index (χ1) is 10.7. The number of halogens is 1. The molecule has 0 aliphatic carbocycles. The zero-order valence-corrected chi connectivity index (χ0v) is 15.4. The van der Waals surface area contributed by atoms with Crippen molar-refractivity contribution < 1.29 is 14.3 Å². The molecule has 0 bridgehead atoms. The first-order valence-electron chi connectivity index (χ1n) is 8.24. The molecular weight excluding hydrogens is 314 g/mol. The molecule has 0 aromatic heterocycles. The number of unbranched alkanes of at least 4 members (excludes halogenated alkanes) is 3. The lowest BCUT2D eigenvalue weighted by atomic mass is 10.2. The van der Waals surface area contributed by atoms with Crippen molar-refractivity contribution in [2.45, 2.75) is 39.5 Å². The second-order valence-electron chi connectivity index (χ2n) is 5.31. The molecule has 0 fully saturated rings. The molecule has 23 heavy (non-hydrogen) atoms. The largest absolute Gasteiger partial charge is 0.497 e. The second kappa shape index (κ2) is 13.2. The lowest BCUT2D eigenvalue weighted by Crippen LogP contribution is -2.23. The normalized spacial score (nSPS) is 10.3. The van der Waals surface area contributed by atoms with Crippen molar-refractivity contribution in [3.05, 3.63) is 29.8 Å². The average molecular weight is 344 g/mol. The molecule has 132 valence electrons. The summed E-state index contributed by atoms with van der Waals surface area (Å²) in [7, 11) is 1.60. The molecule has 0 aliphatic rings. The van der Waals surface area contributed by atoms with Crippen molar-refractivity contribution in [3.63, 3.8) is 0 Å². The highest BCUT2D eigenvalue weighted by Crippen LogP contribution is 2.12. The predicted octanol–water partition coefficient (Wildman–Crippen LogP) is 4.18. The Morgan fingerprint density at radius 1 is 1.00 bits per heavy atom. The van der Waals surface area contributed by atoms with Crippen LogP contribution in [0.3, 0.4) is 0 Å². The number of rotatable bonds is 11. The van der Waals surface area contributed by atoms with E-state index in [2.05, 4.69) is 18.7 Å². The Labute approximate surface area is 146 Å². The number of hydrogen-bond acceptors (Lipinski definition) is 4. The molecule has 0 spiro atoms. The minimum Gasteiger partial charge on any atom is -0.497 e. The molecule has 1 aromatic rings. The Morgan fingerprint density at radius 2 is 1.61 bits per heavy atom. The predicted molar refractivity (Wildman–Crippen MR) is 96.8 cm³/mol. The molecule has 5 heteroatoms. The maximum Gasteiger partial charge on any atom is 0.338 e. The Bertz CT molecular complexity index is 419. The molecule has 0 saturated carbocycles. The van der Waals surface area contributed by atoms with Gasteiger partial charge in [-0.05, 0) is 56.7 Å². The fraction of sp³-hybridized carbons (Fsp3) is 0.611. The Kier molecular flexibility index (Phi) is 12.5. The number of hydrogen-bond donors (Lipinski definition) is 0. The van der Waals surface area contributed by atoms with Gasteiger partial charge in [0.2, 0.25) is 0 Å². The van der Waals surface area contributed by atoms with Gasteiger partial charge in [-0.25, -0.2) is 4.79 Å². The third kappa shape index (κ3) is 8.82. The van der Waals surface area contributed by atoms with E-state index in [4.69, 9.17) is 9.47 Å². The lowest BCUT2D eigenvalue weighted by Gasteiger charge is -2.17. The number of nitrogens with zero attached hydrogens (tertiary/aromatic N) is 1. The van der Waals surface area contributed by atoms with Gasteiger partial charge in [0.1, 0.15) is 5.75 Å². The van der Waals surface area contributed by atoms with Crippen LogP contribution in [0.2, 0.25) is 0 Å².